The molecular weight excluding hydrogens is 420 g/mol. The molecule has 0 atom stereocenters. The third-order valence-corrected chi connectivity index (χ3v) is 6.78. The van der Waals surface area contributed by atoms with Crippen molar-refractivity contribution in [1.82, 2.24) is 9.62 Å². The lowest BCUT2D eigenvalue weighted by atomic mass is 10.1. The number of fused-ring (bicyclic) bond motifs is 1. The number of carbonyl (C=O) groups is 2. The molecule has 1 saturated heterocycles. The minimum absolute atomic E-state index is 0.0695. The second-order valence-electron chi connectivity index (χ2n) is 6.98. The van der Waals surface area contributed by atoms with Crippen molar-refractivity contribution in [3.8, 4) is 11.5 Å². The van der Waals surface area contributed by atoms with Crippen molar-refractivity contribution in [3.63, 3.8) is 0 Å². The van der Waals surface area contributed by atoms with E-state index in [2.05, 4.69) is 5.32 Å². The molecule has 1 aliphatic rings. The van der Waals surface area contributed by atoms with Crippen molar-refractivity contribution < 1.29 is 27.5 Å². The van der Waals surface area contributed by atoms with Gasteiger partial charge in [0.1, 0.15) is 11.5 Å². The van der Waals surface area contributed by atoms with Crippen LogP contribution in [0.3, 0.4) is 0 Å². The Kier molecular flexibility index (Phi) is 5.62. The summed E-state index contributed by atoms with van der Waals surface area (Å²) in [6.07, 6.45) is 0. The SMILES string of the molecule is COc1ccc2ccc(OC(=O)c3cccc(S(=O)(=O)N4CCNC(=O)C4)c3)cc2c1. The number of sulfonamides is 1. The van der Waals surface area contributed by atoms with E-state index in [1.807, 2.05) is 24.3 Å². The molecule has 3 aromatic rings. The number of esters is 1. The molecule has 0 saturated carbocycles. The Morgan fingerprint density at radius 2 is 1.74 bits per heavy atom. The van der Waals surface area contributed by atoms with Gasteiger partial charge in [-0.3, -0.25) is 4.79 Å². The van der Waals surface area contributed by atoms with Gasteiger partial charge in [-0.2, -0.15) is 4.31 Å². The Labute approximate surface area is 179 Å². The van der Waals surface area contributed by atoms with Crippen LogP contribution < -0.4 is 14.8 Å². The van der Waals surface area contributed by atoms with Gasteiger partial charge in [-0.1, -0.05) is 18.2 Å². The first kappa shape index (κ1) is 20.8. The molecule has 0 aliphatic carbocycles. The van der Waals surface area contributed by atoms with Gasteiger partial charge in [0.15, 0.2) is 0 Å². The summed E-state index contributed by atoms with van der Waals surface area (Å²) in [6.45, 7) is 0.160. The van der Waals surface area contributed by atoms with E-state index in [0.717, 1.165) is 15.1 Å². The van der Waals surface area contributed by atoms with Crippen molar-refractivity contribution in [1.29, 1.82) is 0 Å². The predicted molar refractivity (Wildman–Crippen MR) is 114 cm³/mol. The molecule has 0 spiro atoms. The van der Waals surface area contributed by atoms with Crippen molar-refractivity contribution in [2.45, 2.75) is 4.90 Å². The summed E-state index contributed by atoms with van der Waals surface area (Å²) in [6, 6.07) is 16.4. The first-order valence-electron chi connectivity index (χ1n) is 9.54. The molecule has 160 valence electrons. The second kappa shape index (κ2) is 8.37. The molecule has 8 nitrogen and oxygen atoms in total. The maximum atomic E-state index is 12.9. The Balaban J connectivity index is 1.57. The van der Waals surface area contributed by atoms with Crippen LogP contribution in [-0.4, -0.2) is 51.3 Å². The minimum Gasteiger partial charge on any atom is -0.497 e. The smallest absolute Gasteiger partial charge is 0.343 e. The van der Waals surface area contributed by atoms with Crippen molar-refractivity contribution in [2.75, 3.05) is 26.7 Å². The monoisotopic (exact) mass is 440 g/mol. The summed E-state index contributed by atoms with van der Waals surface area (Å²) in [5, 5.41) is 4.38. The van der Waals surface area contributed by atoms with Crippen LogP contribution >= 0.6 is 0 Å². The maximum Gasteiger partial charge on any atom is 0.343 e. The number of hydrogen-bond donors (Lipinski definition) is 1. The van der Waals surface area contributed by atoms with E-state index in [-0.39, 0.29) is 36.0 Å². The van der Waals surface area contributed by atoms with Crippen molar-refractivity contribution in [2.24, 2.45) is 0 Å². The highest BCUT2D eigenvalue weighted by atomic mass is 32.2. The highest BCUT2D eigenvalue weighted by molar-refractivity contribution is 7.89. The van der Waals surface area contributed by atoms with E-state index in [4.69, 9.17) is 9.47 Å². The van der Waals surface area contributed by atoms with Crippen LogP contribution in [0, 0.1) is 0 Å². The fourth-order valence-electron chi connectivity index (χ4n) is 3.31. The van der Waals surface area contributed by atoms with Crippen LogP contribution in [0.15, 0.2) is 65.6 Å². The van der Waals surface area contributed by atoms with Crippen LogP contribution in [-0.2, 0) is 14.8 Å². The Hall–Kier alpha value is -3.43. The number of piperazine rings is 1. The molecule has 1 fully saturated rings. The normalized spacial score (nSPS) is 14.8. The zero-order valence-corrected chi connectivity index (χ0v) is 17.5. The third-order valence-electron chi connectivity index (χ3n) is 4.94. The van der Waals surface area contributed by atoms with E-state index < -0.39 is 16.0 Å². The molecule has 9 heteroatoms. The topological polar surface area (TPSA) is 102 Å². The van der Waals surface area contributed by atoms with Gasteiger partial charge in [0.25, 0.3) is 0 Å². The fraction of sp³-hybridized carbons (Fsp3) is 0.182. The molecule has 0 aromatic heterocycles. The van der Waals surface area contributed by atoms with Gasteiger partial charge in [-0.05, 0) is 53.2 Å². The van der Waals surface area contributed by atoms with E-state index in [0.29, 0.717) is 11.5 Å². The number of rotatable bonds is 5. The lowest BCUT2D eigenvalue weighted by Crippen LogP contribution is -2.49. The molecule has 1 amide bonds. The lowest BCUT2D eigenvalue weighted by molar-refractivity contribution is -0.122. The van der Waals surface area contributed by atoms with Crippen LogP contribution in [0.5, 0.6) is 11.5 Å². The van der Waals surface area contributed by atoms with Gasteiger partial charge in [0, 0.05) is 13.1 Å². The molecule has 0 radical (unpaired) electrons. The quantitative estimate of drug-likeness (QED) is 0.482. The number of carbonyl (C=O) groups excluding carboxylic acids is 2. The van der Waals surface area contributed by atoms with E-state index >= 15 is 0 Å². The van der Waals surface area contributed by atoms with Gasteiger partial charge in [0.05, 0.1) is 24.1 Å². The van der Waals surface area contributed by atoms with Crippen LogP contribution in [0.1, 0.15) is 10.4 Å². The number of benzene rings is 3. The maximum absolute atomic E-state index is 12.9. The van der Waals surface area contributed by atoms with Gasteiger partial charge in [0.2, 0.25) is 15.9 Å². The first-order chi connectivity index (χ1) is 14.9. The molecule has 1 N–H and O–H groups in total. The summed E-state index contributed by atoms with van der Waals surface area (Å²) < 4.78 is 37.5. The zero-order valence-electron chi connectivity index (χ0n) is 16.7. The van der Waals surface area contributed by atoms with Gasteiger partial charge in [-0.15, -0.1) is 0 Å². The fourth-order valence-corrected chi connectivity index (χ4v) is 4.76. The summed E-state index contributed by atoms with van der Waals surface area (Å²) in [4.78, 5) is 24.2. The first-order valence-corrected chi connectivity index (χ1v) is 11.0. The van der Waals surface area contributed by atoms with Crippen molar-refractivity contribution >= 4 is 32.7 Å². The Bertz CT molecular complexity index is 1270. The minimum atomic E-state index is -3.91. The van der Waals surface area contributed by atoms with E-state index in [1.54, 1.807) is 19.2 Å². The average Bonchev–Trinajstić information content (AvgIpc) is 2.78. The second-order valence-corrected chi connectivity index (χ2v) is 8.92. The van der Waals surface area contributed by atoms with Crippen LogP contribution in [0.25, 0.3) is 10.8 Å². The van der Waals surface area contributed by atoms with E-state index in [9.17, 15) is 18.0 Å². The molecule has 1 heterocycles. The zero-order chi connectivity index (χ0) is 22.0. The number of nitrogens with one attached hydrogen (secondary N) is 1. The molecule has 3 aromatic carbocycles. The Morgan fingerprint density at radius 3 is 2.48 bits per heavy atom. The number of amides is 1. The number of methoxy groups -OCH3 is 1. The molecule has 31 heavy (non-hydrogen) atoms. The standard InChI is InChI=1S/C22H20N2O6S/c1-29-18-7-5-15-6-8-19(12-17(15)11-18)30-22(26)16-3-2-4-20(13-16)31(27,28)24-10-9-23-21(25)14-24/h2-8,11-13H,9-10,14H2,1H3,(H,23,25). The molecule has 4 rings (SSSR count). The highest BCUT2D eigenvalue weighted by Gasteiger charge is 2.29. The summed E-state index contributed by atoms with van der Waals surface area (Å²) in [5.41, 5.74) is 0.0910. The number of nitrogens with zero attached hydrogens (tertiary/aromatic N) is 1. The van der Waals surface area contributed by atoms with Gasteiger partial charge >= 0.3 is 5.97 Å². The molecule has 1 aliphatic heterocycles. The van der Waals surface area contributed by atoms with Crippen LogP contribution in [0.2, 0.25) is 0 Å². The molecule has 0 bridgehead atoms. The highest BCUT2D eigenvalue weighted by Crippen LogP contribution is 2.26. The summed E-state index contributed by atoms with van der Waals surface area (Å²) >= 11 is 0. The predicted octanol–water partition coefficient (Wildman–Crippen LogP) is 2.19. The third kappa shape index (κ3) is 4.37. The van der Waals surface area contributed by atoms with Gasteiger partial charge < -0.3 is 14.8 Å². The van der Waals surface area contributed by atoms with E-state index in [1.165, 1.54) is 24.3 Å². The molecule has 0 unspecified atom stereocenters. The lowest BCUT2D eigenvalue weighted by Gasteiger charge is -2.26. The van der Waals surface area contributed by atoms with Crippen LogP contribution in [0.4, 0.5) is 0 Å². The summed E-state index contributed by atoms with van der Waals surface area (Å²) in [5.74, 6) is -0.0407. The molecular formula is C22H20N2O6S. The Morgan fingerprint density at radius 1 is 1.00 bits per heavy atom. The largest absolute Gasteiger partial charge is 0.497 e. The summed E-state index contributed by atoms with van der Waals surface area (Å²) in [7, 11) is -2.34. The number of hydrogen-bond acceptors (Lipinski definition) is 6. The van der Waals surface area contributed by atoms with Gasteiger partial charge in [-0.25, -0.2) is 13.2 Å². The van der Waals surface area contributed by atoms with Crippen molar-refractivity contribution in [3.05, 3.63) is 66.2 Å². The average molecular weight is 440 g/mol. The number of ether oxygens (including phenoxy) is 2.